The summed E-state index contributed by atoms with van der Waals surface area (Å²) in [4.78, 5) is 24.0. The highest BCUT2D eigenvalue weighted by atomic mass is 35.5. The summed E-state index contributed by atoms with van der Waals surface area (Å²) in [5.41, 5.74) is -2.31. The van der Waals surface area contributed by atoms with Gasteiger partial charge in [-0.25, -0.2) is 13.8 Å². The molecule has 6 nitrogen and oxygen atoms in total. The van der Waals surface area contributed by atoms with Crippen molar-refractivity contribution in [3.05, 3.63) is 32.6 Å². The molecule has 1 rings (SSSR count). The van der Waals surface area contributed by atoms with E-state index in [9.17, 15) is 23.7 Å². The zero-order chi connectivity index (χ0) is 13.9. The van der Waals surface area contributed by atoms with E-state index in [1.807, 2.05) is 0 Å². The molecule has 98 valence electrons. The first-order valence-electron chi connectivity index (χ1n) is 4.55. The minimum absolute atomic E-state index is 0.239. The molecular weight excluding hydrogens is 274 g/mol. The van der Waals surface area contributed by atoms with Crippen molar-refractivity contribution < 1.29 is 23.2 Å². The van der Waals surface area contributed by atoms with Gasteiger partial charge in [-0.15, -0.1) is 0 Å². The summed E-state index contributed by atoms with van der Waals surface area (Å²) in [5.74, 6) is -0.827. The molecule has 1 aromatic heterocycles. The van der Waals surface area contributed by atoms with Crippen LogP contribution in [0.4, 0.5) is 14.5 Å². The Morgan fingerprint density at radius 2 is 2.28 bits per heavy atom. The molecule has 0 N–H and O–H groups in total. The molecule has 0 atom stereocenters. The van der Waals surface area contributed by atoms with Gasteiger partial charge < -0.3 is 4.74 Å². The lowest BCUT2D eigenvalue weighted by Gasteiger charge is -2.07. The predicted octanol–water partition coefficient (Wildman–Crippen LogP) is 2.30. The normalized spacial score (nSPS) is 10.5. The number of ether oxygens (including phenoxy) is 1. The van der Waals surface area contributed by atoms with E-state index in [1.54, 1.807) is 0 Å². The highest BCUT2D eigenvalue weighted by molar-refractivity contribution is 6.31. The van der Waals surface area contributed by atoms with E-state index in [4.69, 9.17) is 11.6 Å². The lowest BCUT2D eigenvalue weighted by atomic mass is 10.1. The molecule has 0 aliphatic rings. The van der Waals surface area contributed by atoms with E-state index in [1.165, 1.54) is 0 Å². The highest BCUT2D eigenvalue weighted by Gasteiger charge is 2.30. The van der Waals surface area contributed by atoms with Crippen LogP contribution >= 0.6 is 11.6 Å². The number of pyridine rings is 1. The number of methoxy groups -OCH3 is 1. The van der Waals surface area contributed by atoms with Gasteiger partial charge in [-0.05, 0) is 0 Å². The Balaban J connectivity index is 3.41. The van der Waals surface area contributed by atoms with Crippen molar-refractivity contribution in [1.29, 1.82) is 0 Å². The standard InChI is InChI=1S/C9H7ClF2N2O4/c1-18-6(15)2-4-5(10)3-13-7(9(11)12)8(4)14(16)17/h3,9H,2H2,1H3. The van der Waals surface area contributed by atoms with Gasteiger partial charge in [-0.3, -0.25) is 14.9 Å². The van der Waals surface area contributed by atoms with Crippen molar-refractivity contribution in [2.45, 2.75) is 12.8 Å². The van der Waals surface area contributed by atoms with Gasteiger partial charge in [0.1, 0.15) is 0 Å². The van der Waals surface area contributed by atoms with Gasteiger partial charge in [0.25, 0.3) is 6.43 Å². The fourth-order valence-corrected chi connectivity index (χ4v) is 1.49. The Bertz CT molecular complexity index is 496. The van der Waals surface area contributed by atoms with Gasteiger partial charge in [-0.1, -0.05) is 11.6 Å². The number of hydrogen-bond donors (Lipinski definition) is 0. The average Bonchev–Trinajstić information content (AvgIpc) is 2.30. The van der Waals surface area contributed by atoms with Gasteiger partial charge in [0, 0.05) is 6.20 Å². The second-order valence-electron chi connectivity index (χ2n) is 3.13. The largest absolute Gasteiger partial charge is 0.469 e. The molecule has 1 aromatic rings. The lowest BCUT2D eigenvalue weighted by Crippen LogP contribution is -2.10. The minimum atomic E-state index is -3.14. The third-order valence-corrected chi connectivity index (χ3v) is 2.40. The van der Waals surface area contributed by atoms with Crippen LogP contribution < -0.4 is 0 Å². The molecular formula is C9H7ClF2N2O4. The summed E-state index contributed by atoms with van der Waals surface area (Å²) in [7, 11) is 1.07. The SMILES string of the molecule is COC(=O)Cc1c(Cl)cnc(C(F)F)c1[N+](=O)[O-]. The third kappa shape index (κ3) is 2.89. The van der Waals surface area contributed by atoms with E-state index in [-0.39, 0.29) is 10.6 Å². The number of carbonyl (C=O) groups is 1. The van der Waals surface area contributed by atoms with Crippen molar-refractivity contribution in [3.63, 3.8) is 0 Å². The number of alkyl halides is 2. The maximum Gasteiger partial charge on any atom is 0.310 e. The van der Waals surface area contributed by atoms with Gasteiger partial charge in [0.15, 0.2) is 5.69 Å². The number of halogens is 3. The van der Waals surface area contributed by atoms with Crippen molar-refractivity contribution >= 4 is 23.3 Å². The zero-order valence-electron chi connectivity index (χ0n) is 9.02. The first-order chi connectivity index (χ1) is 8.38. The van der Waals surface area contributed by atoms with E-state index in [0.717, 1.165) is 13.3 Å². The fourth-order valence-electron chi connectivity index (χ4n) is 1.28. The summed E-state index contributed by atoms with van der Waals surface area (Å²) in [5, 5.41) is 10.6. The summed E-state index contributed by atoms with van der Waals surface area (Å²) in [6.07, 6.45) is -2.87. The van der Waals surface area contributed by atoms with Crippen LogP contribution in [0.2, 0.25) is 5.02 Å². The smallest absolute Gasteiger partial charge is 0.310 e. The summed E-state index contributed by atoms with van der Waals surface area (Å²) in [6.45, 7) is 0. The Labute approximate surface area is 105 Å². The second-order valence-corrected chi connectivity index (χ2v) is 3.54. The number of nitrogens with zero attached hydrogens (tertiary/aromatic N) is 2. The third-order valence-electron chi connectivity index (χ3n) is 2.07. The van der Waals surface area contributed by atoms with Crippen molar-refractivity contribution in [2.75, 3.05) is 7.11 Å². The number of esters is 1. The second kappa shape index (κ2) is 5.67. The Hall–Kier alpha value is -1.83. The minimum Gasteiger partial charge on any atom is -0.469 e. The van der Waals surface area contributed by atoms with Gasteiger partial charge in [0.2, 0.25) is 0 Å². The van der Waals surface area contributed by atoms with Gasteiger partial charge in [0.05, 0.1) is 29.0 Å². The summed E-state index contributed by atoms with van der Waals surface area (Å²) in [6, 6.07) is 0. The van der Waals surface area contributed by atoms with Crippen molar-refractivity contribution in [1.82, 2.24) is 4.98 Å². The monoisotopic (exact) mass is 280 g/mol. The van der Waals surface area contributed by atoms with Crippen LogP contribution in [0, 0.1) is 10.1 Å². The van der Waals surface area contributed by atoms with Crippen molar-refractivity contribution in [2.24, 2.45) is 0 Å². The maximum atomic E-state index is 12.6. The quantitative estimate of drug-likeness (QED) is 0.480. The Morgan fingerprint density at radius 3 is 2.72 bits per heavy atom. The average molecular weight is 281 g/mol. The van der Waals surface area contributed by atoms with Crippen molar-refractivity contribution in [3.8, 4) is 0 Å². The van der Waals surface area contributed by atoms with Crippen LogP contribution in [0.15, 0.2) is 6.20 Å². The summed E-state index contributed by atoms with van der Waals surface area (Å²) >= 11 is 5.63. The first-order valence-corrected chi connectivity index (χ1v) is 4.92. The van der Waals surface area contributed by atoms with Crippen LogP contribution in [0.1, 0.15) is 17.7 Å². The molecule has 0 saturated carbocycles. The zero-order valence-corrected chi connectivity index (χ0v) is 9.78. The Kier molecular flexibility index (Phi) is 4.49. The number of rotatable bonds is 4. The van der Waals surface area contributed by atoms with Crippen LogP contribution in [-0.4, -0.2) is 23.0 Å². The lowest BCUT2D eigenvalue weighted by molar-refractivity contribution is -0.387. The molecule has 0 radical (unpaired) electrons. The first kappa shape index (κ1) is 14.2. The van der Waals surface area contributed by atoms with Crippen LogP contribution in [0.3, 0.4) is 0 Å². The van der Waals surface area contributed by atoms with E-state index in [0.29, 0.717) is 0 Å². The number of nitro groups is 1. The fraction of sp³-hybridized carbons (Fsp3) is 0.333. The molecule has 0 aromatic carbocycles. The molecule has 0 aliphatic heterocycles. The number of hydrogen-bond acceptors (Lipinski definition) is 5. The molecule has 0 amide bonds. The highest BCUT2D eigenvalue weighted by Crippen LogP contribution is 2.34. The van der Waals surface area contributed by atoms with E-state index >= 15 is 0 Å². The van der Waals surface area contributed by atoms with Gasteiger partial charge in [-0.2, -0.15) is 0 Å². The predicted molar refractivity (Wildman–Crippen MR) is 56.6 cm³/mol. The Morgan fingerprint density at radius 1 is 1.67 bits per heavy atom. The molecule has 0 saturated heterocycles. The van der Waals surface area contributed by atoms with Gasteiger partial charge >= 0.3 is 11.7 Å². The molecule has 9 heteroatoms. The molecule has 0 aliphatic carbocycles. The molecule has 0 spiro atoms. The molecule has 0 bridgehead atoms. The van der Waals surface area contributed by atoms with Crippen LogP contribution in [-0.2, 0) is 16.0 Å². The maximum absolute atomic E-state index is 12.6. The van der Waals surface area contributed by atoms with E-state index < -0.39 is 35.1 Å². The molecule has 0 unspecified atom stereocenters. The van der Waals surface area contributed by atoms with Crippen LogP contribution in [0.25, 0.3) is 0 Å². The van der Waals surface area contributed by atoms with Crippen LogP contribution in [0.5, 0.6) is 0 Å². The number of aromatic nitrogens is 1. The molecule has 1 heterocycles. The molecule has 0 fully saturated rings. The summed E-state index contributed by atoms with van der Waals surface area (Å²) < 4.78 is 29.5. The topological polar surface area (TPSA) is 82.3 Å². The number of carbonyl (C=O) groups excluding carboxylic acids is 1. The van der Waals surface area contributed by atoms with E-state index in [2.05, 4.69) is 9.72 Å². The molecule has 18 heavy (non-hydrogen) atoms.